The van der Waals surface area contributed by atoms with Crippen LogP contribution >= 0.6 is 0 Å². The van der Waals surface area contributed by atoms with Gasteiger partial charge in [-0.05, 0) is 49.2 Å². The van der Waals surface area contributed by atoms with E-state index in [1.54, 1.807) is 54.7 Å². The van der Waals surface area contributed by atoms with Crippen molar-refractivity contribution in [1.82, 2.24) is 9.88 Å². The van der Waals surface area contributed by atoms with Crippen LogP contribution in [-0.2, 0) is 9.47 Å². The number of carbonyl (C=O) groups excluding carboxylic acids is 2. The predicted molar refractivity (Wildman–Crippen MR) is 136 cm³/mol. The molecule has 0 aliphatic heterocycles. The van der Waals surface area contributed by atoms with Crippen molar-refractivity contribution in [3.8, 4) is 0 Å². The Morgan fingerprint density at radius 1 is 1.06 bits per heavy atom. The molecule has 35 heavy (non-hydrogen) atoms. The second-order valence-corrected chi connectivity index (χ2v) is 8.09. The normalized spacial score (nSPS) is 12.4. The SMILES string of the molecule is CC[C@@H](c1ccc(C(=O)Nc2ccccc2N)cc1)N(CCOC)C(=O)O[C@@H](C)c1cccnc1. The van der Waals surface area contributed by atoms with Crippen molar-refractivity contribution < 1.29 is 19.1 Å². The lowest BCUT2D eigenvalue weighted by molar-refractivity contribution is 0.0448. The number of benzene rings is 2. The molecule has 0 aliphatic carbocycles. The standard InChI is InChI=1S/C27H32N4O4/c1-4-25(31(16-17-34-3)27(33)35-19(2)22-8-7-15-29-18-22)20-11-13-21(14-12-20)26(32)30-24-10-6-5-9-23(24)28/h5-15,18-19,25H,4,16-17,28H2,1-3H3,(H,30,32)/t19-,25-/m0/s1. The molecule has 0 saturated carbocycles. The maximum atomic E-state index is 13.2. The molecule has 8 nitrogen and oxygen atoms in total. The summed E-state index contributed by atoms with van der Waals surface area (Å²) in [5.74, 6) is -0.261. The molecular formula is C27H32N4O4. The van der Waals surface area contributed by atoms with Crippen LogP contribution in [0.1, 0.15) is 53.9 Å². The molecule has 2 aromatic carbocycles. The van der Waals surface area contributed by atoms with Gasteiger partial charge in [0.15, 0.2) is 0 Å². The van der Waals surface area contributed by atoms with Crippen LogP contribution in [-0.4, -0.2) is 42.1 Å². The lowest BCUT2D eigenvalue weighted by atomic mass is 10.0. The zero-order chi connectivity index (χ0) is 25.2. The highest BCUT2D eigenvalue weighted by atomic mass is 16.6. The van der Waals surface area contributed by atoms with Crippen LogP contribution in [0.4, 0.5) is 16.2 Å². The summed E-state index contributed by atoms with van der Waals surface area (Å²) in [5.41, 5.74) is 9.18. The first-order valence-electron chi connectivity index (χ1n) is 11.6. The van der Waals surface area contributed by atoms with Crippen molar-refractivity contribution in [2.75, 3.05) is 31.3 Å². The molecular weight excluding hydrogens is 444 g/mol. The Balaban J connectivity index is 1.75. The van der Waals surface area contributed by atoms with Crippen LogP contribution in [0.15, 0.2) is 73.1 Å². The Kier molecular flexibility index (Phi) is 9.20. The molecule has 2 atom stereocenters. The average molecular weight is 477 g/mol. The molecule has 0 radical (unpaired) electrons. The van der Waals surface area contributed by atoms with E-state index in [-0.39, 0.29) is 11.9 Å². The van der Waals surface area contributed by atoms with Gasteiger partial charge in [0, 0.05) is 37.2 Å². The van der Waals surface area contributed by atoms with Crippen LogP contribution < -0.4 is 11.1 Å². The second-order valence-electron chi connectivity index (χ2n) is 8.09. The van der Waals surface area contributed by atoms with Gasteiger partial charge in [-0.3, -0.25) is 14.7 Å². The van der Waals surface area contributed by atoms with E-state index in [0.717, 1.165) is 11.1 Å². The minimum absolute atomic E-state index is 0.249. The van der Waals surface area contributed by atoms with E-state index in [2.05, 4.69) is 10.3 Å². The van der Waals surface area contributed by atoms with Gasteiger partial charge in [-0.2, -0.15) is 0 Å². The van der Waals surface area contributed by atoms with E-state index in [0.29, 0.717) is 36.5 Å². The average Bonchev–Trinajstić information content (AvgIpc) is 2.88. The van der Waals surface area contributed by atoms with E-state index in [1.807, 2.05) is 44.2 Å². The maximum Gasteiger partial charge on any atom is 0.410 e. The summed E-state index contributed by atoms with van der Waals surface area (Å²) in [6.07, 6.45) is 3.13. The van der Waals surface area contributed by atoms with Crippen molar-refractivity contribution in [3.05, 3.63) is 89.7 Å². The molecule has 0 spiro atoms. The predicted octanol–water partition coefficient (Wildman–Crippen LogP) is 5.21. The number of para-hydroxylation sites is 2. The Morgan fingerprint density at radius 3 is 2.43 bits per heavy atom. The fourth-order valence-electron chi connectivity index (χ4n) is 3.77. The summed E-state index contributed by atoms with van der Waals surface area (Å²) >= 11 is 0. The van der Waals surface area contributed by atoms with E-state index in [9.17, 15) is 9.59 Å². The van der Waals surface area contributed by atoms with Crippen molar-refractivity contribution in [2.45, 2.75) is 32.4 Å². The number of carbonyl (C=O) groups is 2. The summed E-state index contributed by atoms with van der Waals surface area (Å²) in [7, 11) is 1.59. The third kappa shape index (κ3) is 6.80. The first kappa shape index (κ1) is 25.7. The van der Waals surface area contributed by atoms with Crippen LogP contribution in [0.25, 0.3) is 0 Å². The number of pyridine rings is 1. The van der Waals surface area contributed by atoms with Gasteiger partial charge in [0.25, 0.3) is 5.91 Å². The molecule has 0 saturated heterocycles. The summed E-state index contributed by atoms with van der Waals surface area (Å²) in [5, 5.41) is 2.83. The smallest absolute Gasteiger partial charge is 0.410 e. The number of methoxy groups -OCH3 is 1. The highest BCUT2D eigenvalue weighted by Crippen LogP contribution is 2.27. The van der Waals surface area contributed by atoms with Crippen LogP contribution in [0, 0.1) is 0 Å². The fourth-order valence-corrected chi connectivity index (χ4v) is 3.77. The molecule has 0 bridgehead atoms. The number of ether oxygens (including phenoxy) is 2. The van der Waals surface area contributed by atoms with Gasteiger partial charge in [-0.15, -0.1) is 0 Å². The van der Waals surface area contributed by atoms with E-state index < -0.39 is 12.2 Å². The van der Waals surface area contributed by atoms with E-state index in [1.165, 1.54) is 0 Å². The monoisotopic (exact) mass is 476 g/mol. The number of nitrogens with zero attached hydrogens (tertiary/aromatic N) is 2. The number of rotatable bonds is 10. The van der Waals surface area contributed by atoms with E-state index in [4.69, 9.17) is 15.2 Å². The van der Waals surface area contributed by atoms with Gasteiger partial charge >= 0.3 is 6.09 Å². The maximum absolute atomic E-state index is 13.2. The third-order valence-corrected chi connectivity index (χ3v) is 5.73. The van der Waals surface area contributed by atoms with Crippen LogP contribution in [0.3, 0.4) is 0 Å². The number of nitrogens with one attached hydrogen (secondary N) is 1. The van der Waals surface area contributed by atoms with Crippen molar-refractivity contribution >= 4 is 23.4 Å². The van der Waals surface area contributed by atoms with Gasteiger partial charge in [0.05, 0.1) is 24.0 Å². The quantitative estimate of drug-likeness (QED) is 0.389. The highest BCUT2D eigenvalue weighted by molar-refractivity contribution is 6.05. The number of anilines is 2. The Labute approximate surface area is 206 Å². The van der Waals surface area contributed by atoms with Crippen molar-refractivity contribution in [2.24, 2.45) is 0 Å². The molecule has 2 amide bonds. The lowest BCUT2D eigenvalue weighted by Crippen LogP contribution is -2.38. The molecule has 0 unspecified atom stereocenters. The largest absolute Gasteiger partial charge is 0.441 e. The van der Waals surface area contributed by atoms with Crippen LogP contribution in [0.2, 0.25) is 0 Å². The number of hydrogen-bond donors (Lipinski definition) is 2. The van der Waals surface area contributed by atoms with Crippen LogP contribution in [0.5, 0.6) is 0 Å². The molecule has 184 valence electrons. The second kappa shape index (κ2) is 12.5. The lowest BCUT2D eigenvalue weighted by Gasteiger charge is -2.31. The van der Waals surface area contributed by atoms with Gasteiger partial charge in [0.1, 0.15) is 6.10 Å². The molecule has 1 aromatic heterocycles. The minimum atomic E-state index is -0.449. The Morgan fingerprint density at radius 2 is 1.80 bits per heavy atom. The van der Waals surface area contributed by atoms with Gasteiger partial charge in [-0.25, -0.2) is 4.79 Å². The first-order valence-corrected chi connectivity index (χ1v) is 11.6. The molecule has 3 rings (SSSR count). The van der Waals surface area contributed by atoms with E-state index >= 15 is 0 Å². The topological polar surface area (TPSA) is 107 Å². The summed E-state index contributed by atoms with van der Waals surface area (Å²) in [6.45, 7) is 4.55. The minimum Gasteiger partial charge on any atom is -0.441 e. The number of aromatic nitrogens is 1. The van der Waals surface area contributed by atoms with Crippen molar-refractivity contribution in [3.63, 3.8) is 0 Å². The summed E-state index contributed by atoms with van der Waals surface area (Å²) in [6, 6.07) is 17.7. The number of nitrogen functional groups attached to an aromatic ring is 1. The molecule has 1 heterocycles. The number of hydrogen-bond acceptors (Lipinski definition) is 6. The molecule has 0 fully saturated rings. The zero-order valence-electron chi connectivity index (χ0n) is 20.3. The van der Waals surface area contributed by atoms with Crippen molar-refractivity contribution in [1.29, 1.82) is 0 Å². The summed E-state index contributed by atoms with van der Waals surface area (Å²) < 4.78 is 11.0. The molecule has 8 heteroatoms. The van der Waals surface area contributed by atoms with Gasteiger partial charge < -0.3 is 20.5 Å². The highest BCUT2D eigenvalue weighted by Gasteiger charge is 2.27. The van der Waals surface area contributed by atoms with Gasteiger partial charge in [-0.1, -0.05) is 37.3 Å². The Bertz CT molecular complexity index is 1110. The fraction of sp³-hybridized carbons (Fsp3) is 0.296. The molecule has 0 aliphatic rings. The zero-order valence-corrected chi connectivity index (χ0v) is 20.3. The summed E-state index contributed by atoms with van der Waals surface area (Å²) in [4.78, 5) is 31.6. The molecule has 3 N–H and O–H groups in total. The molecule has 3 aromatic rings. The third-order valence-electron chi connectivity index (χ3n) is 5.73. The first-order chi connectivity index (χ1) is 16.9. The number of nitrogens with two attached hydrogens (primary N) is 1. The number of amides is 2. The van der Waals surface area contributed by atoms with Gasteiger partial charge in [0.2, 0.25) is 0 Å². The Hall–Kier alpha value is -3.91.